The molecule has 3 aromatic carbocycles. The third kappa shape index (κ3) is 8.15. The standard InChI is InChI=1S/C26H25BrN2O6/c1-3-14-33-22-7-4-18(5-8-22)26(31)35-24-13-6-20(27)15-19(24)16-28-29-25(30)17-34-23-11-9-21(32-2)10-12-23/h4-13,15-16H,3,14,17H2,1-2H3,(H,29,30)/b28-16-. The van der Waals surface area contributed by atoms with Gasteiger partial charge in [0.2, 0.25) is 0 Å². The van der Waals surface area contributed by atoms with Gasteiger partial charge in [-0.05, 0) is 73.2 Å². The summed E-state index contributed by atoms with van der Waals surface area (Å²) in [5.74, 6) is 1.21. The lowest BCUT2D eigenvalue weighted by molar-refractivity contribution is -0.123. The first kappa shape index (κ1) is 25.8. The van der Waals surface area contributed by atoms with Gasteiger partial charge in [-0.25, -0.2) is 10.2 Å². The van der Waals surface area contributed by atoms with E-state index in [1.165, 1.54) is 6.21 Å². The maximum Gasteiger partial charge on any atom is 0.343 e. The first-order chi connectivity index (χ1) is 17.0. The number of methoxy groups -OCH3 is 1. The first-order valence-electron chi connectivity index (χ1n) is 10.8. The van der Waals surface area contributed by atoms with Crippen molar-refractivity contribution in [2.24, 2.45) is 5.10 Å². The Labute approximate surface area is 212 Å². The minimum Gasteiger partial charge on any atom is -0.497 e. The lowest BCUT2D eigenvalue weighted by atomic mass is 10.2. The van der Waals surface area contributed by atoms with Crippen LogP contribution in [0.2, 0.25) is 0 Å². The number of hydrogen-bond donors (Lipinski definition) is 1. The van der Waals surface area contributed by atoms with Gasteiger partial charge in [-0.15, -0.1) is 0 Å². The SMILES string of the molecule is CCCOc1ccc(C(=O)Oc2ccc(Br)cc2/C=N\NC(=O)COc2ccc(OC)cc2)cc1. The summed E-state index contributed by atoms with van der Waals surface area (Å²) < 4.78 is 22.3. The summed E-state index contributed by atoms with van der Waals surface area (Å²) in [5.41, 5.74) is 3.26. The molecule has 0 aliphatic rings. The van der Waals surface area contributed by atoms with Gasteiger partial charge in [0.1, 0.15) is 23.0 Å². The van der Waals surface area contributed by atoms with Gasteiger partial charge in [0.25, 0.3) is 5.91 Å². The fourth-order valence-electron chi connectivity index (χ4n) is 2.81. The molecule has 0 unspecified atom stereocenters. The van der Waals surface area contributed by atoms with Crippen LogP contribution in [0, 0.1) is 0 Å². The Morgan fingerprint density at radius 3 is 2.29 bits per heavy atom. The van der Waals surface area contributed by atoms with Gasteiger partial charge in [0, 0.05) is 10.0 Å². The molecular weight excluding hydrogens is 516 g/mol. The quantitative estimate of drug-likeness (QED) is 0.159. The first-order valence-corrected chi connectivity index (χ1v) is 11.6. The van der Waals surface area contributed by atoms with E-state index in [-0.39, 0.29) is 12.4 Å². The smallest absolute Gasteiger partial charge is 0.343 e. The van der Waals surface area contributed by atoms with Gasteiger partial charge < -0.3 is 18.9 Å². The number of nitrogens with one attached hydrogen (secondary N) is 1. The van der Waals surface area contributed by atoms with Crippen LogP contribution in [0.1, 0.15) is 29.3 Å². The van der Waals surface area contributed by atoms with E-state index in [4.69, 9.17) is 18.9 Å². The molecule has 0 aliphatic heterocycles. The van der Waals surface area contributed by atoms with Gasteiger partial charge in [-0.1, -0.05) is 22.9 Å². The Hall–Kier alpha value is -3.85. The van der Waals surface area contributed by atoms with Crippen LogP contribution >= 0.6 is 15.9 Å². The molecule has 1 amide bonds. The zero-order chi connectivity index (χ0) is 25.0. The van der Waals surface area contributed by atoms with E-state index in [1.54, 1.807) is 73.8 Å². The predicted molar refractivity (Wildman–Crippen MR) is 136 cm³/mol. The molecule has 0 radical (unpaired) electrons. The van der Waals surface area contributed by atoms with Crippen LogP contribution in [0.25, 0.3) is 0 Å². The Kier molecular flexibility index (Phi) is 9.68. The number of amides is 1. The van der Waals surface area contributed by atoms with Gasteiger partial charge in [-0.3, -0.25) is 4.79 Å². The monoisotopic (exact) mass is 540 g/mol. The van der Waals surface area contributed by atoms with Crippen LogP contribution < -0.4 is 24.4 Å². The van der Waals surface area contributed by atoms with Crippen LogP contribution in [0.4, 0.5) is 0 Å². The van der Waals surface area contributed by atoms with E-state index in [2.05, 4.69) is 26.5 Å². The van der Waals surface area contributed by atoms with E-state index in [0.29, 0.717) is 35.0 Å². The third-order valence-corrected chi connectivity index (χ3v) is 5.05. The third-order valence-electron chi connectivity index (χ3n) is 4.56. The average molecular weight is 541 g/mol. The van der Waals surface area contributed by atoms with Crippen molar-refractivity contribution in [2.75, 3.05) is 20.3 Å². The molecule has 0 bridgehead atoms. The van der Waals surface area contributed by atoms with Gasteiger partial charge in [-0.2, -0.15) is 5.10 Å². The topological polar surface area (TPSA) is 95.5 Å². The van der Waals surface area contributed by atoms with Crippen molar-refractivity contribution in [3.63, 3.8) is 0 Å². The summed E-state index contributed by atoms with van der Waals surface area (Å²) >= 11 is 3.39. The zero-order valence-electron chi connectivity index (χ0n) is 19.3. The van der Waals surface area contributed by atoms with Gasteiger partial charge in [0.15, 0.2) is 6.61 Å². The number of hydrazone groups is 1. The Bertz CT molecular complexity index is 1160. The summed E-state index contributed by atoms with van der Waals surface area (Å²) in [5, 5.41) is 3.95. The summed E-state index contributed by atoms with van der Waals surface area (Å²) in [4.78, 5) is 24.7. The Balaban J connectivity index is 1.58. The molecule has 0 saturated heterocycles. The summed E-state index contributed by atoms with van der Waals surface area (Å²) in [6, 6.07) is 18.7. The van der Waals surface area contributed by atoms with Crippen LogP contribution in [-0.2, 0) is 4.79 Å². The molecule has 0 heterocycles. The number of halogens is 1. The van der Waals surface area contributed by atoms with E-state index in [1.807, 2.05) is 6.92 Å². The lowest BCUT2D eigenvalue weighted by Crippen LogP contribution is -2.24. The molecule has 35 heavy (non-hydrogen) atoms. The second kappa shape index (κ2) is 13.1. The summed E-state index contributed by atoms with van der Waals surface area (Å²) in [6.07, 6.45) is 2.29. The number of hydrogen-bond acceptors (Lipinski definition) is 7. The Morgan fingerprint density at radius 1 is 0.943 bits per heavy atom. The summed E-state index contributed by atoms with van der Waals surface area (Å²) in [7, 11) is 1.57. The van der Waals surface area contributed by atoms with E-state index in [9.17, 15) is 9.59 Å². The van der Waals surface area contributed by atoms with Crippen molar-refractivity contribution in [3.8, 4) is 23.0 Å². The van der Waals surface area contributed by atoms with E-state index < -0.39 is 11.9 Å². The van der Waals surface area contributed by atoms with Crippen molar-refractivity contribution in [2.45, 2.75) is 13.3 Å². The van der Waals surface area contributed by atoms with E-state index >= 15 is 0 Å². The highest BCUT2D eigenvalue weighted by atomic mass is 79.9. The molecule has 0 atom stereocenters. The molecule has 1 N–H and O–H groups in total. The fourth-order valence-corrected chi connectivity index (χ4v) is 3.18. The molecule has 3 aromatic rings. The highest BCUT2D eigenvalue weighted by molar-refractivity contribution is 9.10. The minimum absolute atomic E-state index is 0.220. The van der Waals surface area contributed by atoms with Gasteiger partial charge in [0.05, 0.1) is 25.5 Å². The molecule has 182 valence electrons. The molecular formula is C26H25BrN2O6. The largest absolute Gasteiger partial charge is 0.497 e. The van der Waals surface area contributed by atoms with Crippen LogP contribution in [0.3, 0.4) is 0 Å². The van der Waals surface area contributed by atoms with Crippen LogP contribution in [0.5, 0.6) is 23.0 Å². The number of carbonyl (C=O) groups is 2. The minimum atomic E-state index is -0.527. The molecule has 0 aromatic heterocycles. The zero-order valence-corrected chi connectivity index (χ0v) is 20.9. The number of ether oxygens (including phenoxy) is 4. The van der Waals surface area contributed by atoms with Gasteiger partial charge >= 0.3 is 5.97 Å². The molecule has 0 saturated carbocycles. The van der Waals surface area contributed by atoms with Crippen molar-refractivity contribution in [1.82, 2.24) is 5.43 Å². The maximum absolute atomic E-state index is 12.6. The Morgan fingerprint density at radius 2 is 1.60 bits per heavy atom. The molecule has 0 fully saturated rings. The van der Waals surface area contributed by atoms with Crippen molar-refractivity contribution in [1.29, 1.82) is 0 Å². The highest BCUT2D eigenvalue weighted by Crippen LogP contribution is 2.23. The molecule has 8 nitrogen and oxygen atoms in total. The number of benzene rings is 3. The molecule has 9 heteroatoms. The second-order valence-corrected chi connectivity index (χ2v) is 8.12. The fraction of sp³-hybridized carbons (Fsp3) is 0.192. The molecule has 3 rings (SSSR count). The average Bonchev–Trinajstić information content (AvgIpc) is 2.88. The normalized spacial score (nSPS) is 10.6. The predicted octanol–water partition coefficient (Wildman–Crippen LogP) is 4.99. The summed E-state index contributed by atoms with van der Waals surface area (Å²) in [6.45, 7) is 2.41. The number of carbonyl (C=O) groups excluding carboxylic acids is 2. The number of nitrogens with zero attached hydrogens (tertiary/aromatic N) is 1. The van der Waals surface area contributed by atoms with Crippen molar-refractivity contribution >= 4 is 34.0 Å². The lowest BCUT2D eigenvalue weighted by Gasteiger charge is -2.09. The van der Waals surface area contributed by atoms with E-state index in [0.717, 1.165) is 10.9 Å². The second-order valence-electron chi connectivity index (χ2n) is 7.20. The molecule has 0 spiro atoms. The van der Waals surface area contributed by atoms with Crippen LogP contribution in [0.15, 0.2) is 76.3 Å². The number of rotatable bonds is 11. The van der Waals surface area contributed by atoms with Crippen molar-refractivity contribution < 1.29 is 28.5 Å². The van der Waals surface area contributed by atoms with Crippen molar-refractivity contribution in [3.05, 3.63) is 82.3 Å². The maximum atomic E-state index is 12.6. The number of esters is 1. The highest BCUT2D eigenvalue weighted by Gasteiger charge is 2.12. The molecule has 0 aliphatic carbocycles. The van der Waals surface area contributed by atoms with Crippen LogP contribution in [-0.4, -0.2) is 38.4 Å².